The van der Waals surface area contributed by atoms with Gasteiger partial charge in [-0.05, 0) is 24.3 Å². The van der Waals surface area contributed by atoms with Gasteiger partial charge in [-0.2, -0.15) is 0 Å². The third-order valence-electron chi connectivity index (χ3n) is 4.08. The second kappa shape index (κ2) is 4.84. The number of nitrogens with two attached hydrogens (primary N) is 1. The second-order valence-electron chi connectivity index (χ2n) is 5.29. The molecule has 0 aliphatic carbocycles. The first-order valence-electron chi connectivity index (χ1n) is 7.12. The van der Waals surface area contributed by atoms with Gasteiger partial charge in [-0.1, -0.05) is 54.6 Å². The predicted molar refractivity (Wildman–Crippen MR) is 92.2 cm³/mol. The summed E-state index contributed by atoms with van der Waals surface area (Å²) in [7, 11) is -2.90. The summed E-state index contributed by atoms with van der Waals surface area (Å²) in [6, 6.07) is 25.0. The summed E-state index contributed by atoms with van der Waals surface area (Å²) in [4.78, 5) is 0. The van der Waals surface area contributed by atoms with Crippen LogP contribution in [0.15, 0.2) is 78.9 Å². The molecule has 1 aliphatic heterocycles. The lowest BCUT2D eigenvalue weighted by molar-refractivity contribution is 0.592. The summed E-state index contributed by atoms with van der Waals surface area (Å²) in [6.07, 6.45) is 0. The fourth-order valence-corrected chi connectivity index (χ4v) is 6.05. The van der Waals surface area contributed by atoms with E-state index < -0.39 is 7.14 Å². The van der Waals surface area contributed by atoms with E-state index in [1.165, 1.54) is 0 Å². The van der Waals surface area contributed by atoms with Gasteiger partial charge in [0, 0.05) is 15.9 Å². The molecule has 0 amide bonds. The van der Waals surface area contributed by atoms with Crippen molar-refractivity contribution in [1.82, 2.24) is 0 Å². The minimum Gasteiger partial charge on any atom is -0.308 e. The lowest BCUT2D eigenvalue weighted by Gasteiger charge is -2.34. The molecular formula is C18H15N2OP. The number of anilines is 2. The van der Waals surface area contributed by atoms with Crippen LogP contribution in [0.4, 0.5) is 11.4 Å². The van der Waals surface area contributed by atoms with Gasteiger partial charge >= 0.3 is 0 Å². The summed E-state index contributed by atoms with van der Waals surface area (Å²) in [5, 5.41) is 4.05. The van der Waals surface area contributed by atoms with Gasteiger partial charge in [0.15, 0.2) is 7.14 Å². The zero-order chi connectivity index (χ0) is 15.2. The molecule has 3 nitrogen and oxygen atoms in total. The van der Waals surface area contributed by atoms with Crippen LogP contribution in [0.25, 0.3) is 0 Å². The van der Waals surface area contributed by atoms with Crippen molar-refractivity contribution >= 4 is 34.4 Å². The molecule has 108 valence electrons. The van der Waals surface area contributed by atoms with Gasteiger partial charge in [-0.25, -0.2) is 5.84 Å². The largest absolute Gasteiger partial charge is 0.308 e. The van der Waals surface area contributed by atoms with Crippen LogP contribution < -0.4 is 26.8 Å². The Kier molecular flexibility index (Phi) is 2.93. The molecule has 0 spiro atoms. The summed E-state index contributed by atoms with van der Waals surface area (Å²) in [6.45, 7) is 0. The SMILES string of the molecule is NN1c2ccccc2P(=O)(c2ccccc2)c2ccccc21. The van der Waals surface area contributed by atoms with Crippen LogP contribution >= 0.6 is 7.14 Å². The molecule has 2 N–H and O–H groups in total. The molecule has 3 aromatic rings. The van der Waals surface area contributed by atoms with Gasteiger partial charge in [0.25, 0.3) is 0 Å². The molecule has 0 bridgehead atoms. The molecule has 3 aromatic carbocycles. The van der Waals surface area contributed by atoms with Crippen LogP contribution in [-0.2, 0) is 4.57 Å². The van der Waals surface area contributed by atoms with E-state index in [1.54, 1.807) is 5.01 Å². The highest BCUT2D eigenvalue weighted by Crippen LogP contribution is 2.50. The lowest BCUT2D eigenvalue weighted by Crippen LogP contribution is -2.41. The number of nitrogens with zero attached hydrogens (tertiary/aromatic N) is 1. The van der Waals surface area contributed by atoms with E-state index in [-0.39, 0.29) is 0 Å². The highest BCUT2D eigenvalue weighted by atomic mass is 31.2. The molecule has 0 saturated heterocycles. The quantitative estimate of drug-likeness (QED) is 0.555. The van der Waals surface area contributed by atoms with Crippen LogP contribution in [0.2, 0.25) is 0 Å². The molecule has 1 aliphatic rings. The molecule has 0 aromatic heterocycles. The van der Waals surface area contributed by atoms with Gasteiger partial charge < -0.3 is 4.57 Å². The van der Waals surface area contributed by atoms with Gasteiger partial charge in [0.1, 0.15) is 0 Å². The van der Waals surface area contributed by atoms with Crippen LogP contribution in [-0.4, -0.2) is 0 Å². The van der Waals surface area contributed by atoms with E-state index in [0.717, 1.165) is 27.3 Å². The van der Waals surface area contributed by atoms with Crippen LogP contribution in [0, 0.1) is 0 Å². The van der Waals surface area contributed by atoms with Gasteiger partial charge in [-0.15, -0.1) is 0 Å². The molecule has 4 heteroatoms. The first kappa shape index (κ1) is 13.3. The number of fused-ring (bicyclic) bond motifs is 2. The van der Waals surface area contributed by atoms with Crippen LogP contribution in [0.1, 0.15) is 0 Å². The Balaban J connectivity index is 2.12. The number of benzene rings is 3. The molecule has 0 unspecified atom stereocenters. The standard InChI is InChI=1S/C18H15N2OP/c19-20-15-10-4-6-12-17(15)22(21,14-8-2-1-3-9-14)18-13-7-5-11-16(18)20/h1-13H,19H2. The Morgan fingerprint density at radius 1 is 0.682 bits per heavy atom. The molecular weight excluding hydrogens is 291 g/mol. The third-order valence-corrected chi connectivity index (χ3v) is 7.22. The van der Waals surface area contributed by atoms with E-state index in [1.807, 2.05) is 78.9 Å². The minimum absolute atomic E-state index is 0.794. The maximum atomic E-state index is 14.1. The number of hydrogen-bond donors (Lipinski definition) is 1. The number of hydrazine groups is 1. The van der Waals surface area contributed by atoms with Gasteiger partial charge in [-0.3, -0.25) is 5.01 Å². The Morgan fingerprint density at radius 2 is 1.14 bits per heavy atom. The summed E-state index contributed by atoms with van der Waals surface area (Å²) in [5.41, 5.74) is 1.60. The Labute approximate surface area is 129 Å². The van der Waals surface area contributed by atoms with E-state index in [4.69, 9.17) is 5.84 Å². The Bertz CT molecular complexity index is 841. The van der Waals surface area contributed by atoms with Crippen molar-refractivity contribution in [2.45, 2.75) is 0 Å². The second-order valence-corrected chi connectivity index (χ2v) is 7.99. The van der Waals surface area contributed by atoms with Crippen LogP contribution in [0.5, 0.6) is 0 Å². The van der Waals surface area contributed by atoms with Crippen molar-refractivity contribution in [3.63, 3.8) is 0 Å². The van der Waals surface area contributed by atoms with Crippen molar-refractivity contribution in [2.75, 3.05) is 5.01 Å². The molecule has 0 atom stereocenters. The van der Waals surface area contributed by atoms with Crippen molar-refractivity contribution in [2.24, 2.45) is 5.84 Å². The highest BCUT2D eigenvalue weighted by Gasteiger charge is 2.39. The average Bonchev–Trinajstić information content (AvgIpc) is 2.60. The van der Waals surface area contributed by atoms with E-state index >= 15 is 0 Å². The summed E-state index contributed by atoms with van der Waals surface area (Å²) < 4.78 is 14.1. The molecule has 0 fully saturated rings. The molecule has 22 heavy (non-hydrogen) atoms. The van der Waals surface area contributed by atoms with E-state index in [2.05, 4.69) is 0 Å². The fraction of sp³-hybridized carbons (Fsp3) is 0. The maximum Gasteiger partial charge on any atom is 0.175 e. The first-order chi connectivity index (χ1) is 10.7. The number of para-hydroxylation sites is 2. The molecule has 0 saturated carbocycles. The van der Waals surface area contributed by atoms with Gasteiger partial charge in [0.05, 0.1) is 11.4 Å². The summed E-state index contributed by atoms with van der Waals surface area (Å²) in [5.74, 6) is 6.27. The molecule has 1 heterocycles. The van der Waals surface area contributed by atoms with Crippen molar-refractivity contribution in [1.29, 1.82) is 0 Å². The maximum absolute atomic E-state index is 14.1. The Morgan fingerprint density at radius 3 is 1.68 bits per heavy atom. The average molecular weight is 306 g/mol. The van der Waals surface area contributed by atoms with E-state index in [9.17, 15) is 4.57 Å². The fourth-order valence-electron chi connectivity index (χ4n) is 3.04. The third kappa shape index (κ3) is 1.70. The number of rotatable bonds is 1. The van der Waals surface area contributed by atoms with E-state index in [0.29, 0.717) is 0 Å². The minimum atomic E-state index is -2.90. The van der Waals surface area contributed by atoms with Gasteiger partial charge in [0.2, 0.25) is 0 Å². The molecule has 0 radical (unpaired) electrons. The van der Waals surface area contributed by atoms with Crippen molar-refractivity contribution < 1.29 is 4.57 Å². The monoisotopic (exact) mass is 306 g/mol. The highest BCUT2D eigenvalue weighted by molar-refractivity contribution is 7.86. The normalized spacial score (nSPS) is 15.0. The first-order valence-corrected chi connectivity index (χ1v) is 8.83. The summed E-state index contributed by atoms with van der Waals surface area (Å²) >= 11 is 0. The number of hydrogen-bond acceptors (Lipinski definition) is 3. The molecule has 4 rings (SSSR count). The zero-order valence-corrected chi connectivity index (χ0v) is 12.8. The zero-order valence-electron chi connectivity index (χ0n) is 11.9. The van der Waals surface area contributed by atoms with Crippen molar-refractivity contribution in [3.8, 4) is 0 Å². The smallest absolute Gasteiger partial charge is 0.175 e. The predicted octanol–water partition coefficient (Wildman–Crippen LogP) is 2.65. The lowest BCUT2D eigenvalue weighted by atomic mass is 10.2. The Hall–Kier alpha value is -2.35. The topological polar surface area (TPSA) is 46.3 Å². The van der Waals surface area contributed by atoms with Crippen molar-refractivity contribution in [3.05, 3.63) is 78.9 Å². The van der Waals surface area contributed by atoms with Crippen LogP contribution in [0.3, 0.4) is 0 Å².